The highest BCUT2D eigenvalue weighted by atomic mass is 32.1. The third kappa shape index (κ3) is 2.41. The zero-order valence-electron chi connectivity index (χ0n) is 12.8. The van der Waals surface area contributed by atoms with Gasteiger partial charge in [-0.1, -0.05) is 12.1 Å². The van der Waals surface area contributed by atoms with E-state index in [0.29, 0.717) is 22.6 Å². The first-order valence-corrected chi connectivity index (χ1v) is 7.91. The number of benzene rings is 1. The molecule has 2 aliphatic rings. The normalized spacial score (nSPS) is 25.9. The number of carbonyl (C=O) groups is 2. The lowest BCUT2D eigenvalue weighted by atomic mass is 10.0. The van der Waals surface area contributed by atoms with Gasteiger partial charge in [-0.3, -0.25) is 9.59 Å². The van der Waals surface area contributed by atoms with Crippen molar-refractivity contribution in [1.82, 2.24) is 19.8 Å². The molecular formula is C15H14N4O4S. The van der Waals surface area contributed by atoms with Crippen LogP contribution in [0, 0.1) is 4.77 Å². The highest BCUT2D eigenvalue weighted by molar-refractivity contribution is 7.71. The number of hydrogen-bond donors (Lipinski definition) is 0. The van der Waals surface area contributed by atoms with Crippen LogP contribution < -0.4 is 0 Å². The van der Waals surface area contributed by atoms with Gasteiger partial charge in [-0.05, 0) is 41.7 Å². The molecule has 3 atom stereocenters. The van der Waals surface area contributed by atoms with Crippen LogP contribution in [0.15, 0.2) is 24.3 Å². The van der Waals surface area contributed by atoms with Gasteiger partial charge in [-0.2, -0.15) is 4.68 Å². The largest absolute Gasteiger partial charge is 0.343 e. The maximum Gasteiger partial charge on any atom is 0.221 e. The first-order valence-electron chi connectivity index (χ1n) is 7.50. The van der Waals surface area contributed by atoms with E-state index in [1.165, 1.54) is 16.3 Å². The van der Waals surface area contributed by atoms with E-state index < -0.39 is 6.29 Å². The topological polar surface area (TPSA) is 88.2 Å². The Morgan fingerprint density at radius 3 is 3.00 bits per heavy atom. The lowest BCUT2D eigenvalue weighted by Gasteiger charge is -2.25. The average molecular weight is 346 g/mol. The van der Waals surface area contributed by atoms with E-state index >= 15 is 0 Å². The van der Waals surface area contributed by atoms with Gasteiger partial charge in [0, 0.05) is 12.0 Å². The fraction of sp³-hybridized carbons (Fsp3) is 0.400. The Bertz CT molecular complexity index is 890. The molecule has 0 spiro atoms. The molecule has 124 valence electrons. The van der Waals surface area contributed by atoms with Crippen LogP contribution in [-0.2, 0) is 14.3 Å². The number of ketones is 2. The lowest BCUT2D eigenvalue weighted by molar-refractivity contribution is -0.156. The van der Waals surface area contributed by atoms with Gasteiger partial charge in [0.15, 0.2) is 11.6 Å². The quantitative estimate of drug-likeness (QED) is 0.610. The molecule has 2 bridgehead atoms. The average Bonchev–Trinajstić information content (AvgIpc) is 3.17. The summed E-state index contributed by atoms with van der Waals surface area (Å²) in [5.74, 6) is -0.167. The highest BCUT2D eigenvalue weighted by Gasteiger charge is 2.45. The van der Waals surface area contributed by atoms with Crippen molar-refractivity contribution in [3.8, 4) is 5.69 Å². The fourth-order valence-electron chi connectivity index (χ4n) is 2.95. The van der Waals surface area contributed by atoms with Crippen molar-refractivity contribution in [3.05, 3.63) is 34.6 Å². The Morgan fingerprint density at radius 2 is 2.21 bits per heavy atom. The molecule has 0 aliphatic carbocycles. The first kappa shape index (κ1) is 15.3. The molecule has 0 saturated carbocycles. The first-order chi connectivity index (χ1) is 11.5. The zero-order chi connectivity index (χ0) is 16.8. The summed E-state index contributed by atoms with van der Waals surface area (Å²) in [6.45, 7) is 1.83. The minimum absolute atomic E-state index is 0.0452. The summed E-state index contributed by atoms with van der Waals surface area (Å²) >= 11 is 5.46. The van der Waals surface area contributed by atoms with Crippen molar-refractivity contribution in [1.29, 1.82) is 0 Å². The second-order valence-corrected chi connectivity index (χ2v) is 6.17. The number of Topliss-reactive ketones (excluding diaryl/α,β-unsaturated/α-hetero) is 2. The van der Waals surface area contributed by atoms with E-state index in [-0.39, 0.29) is 30.1 Å². The lowest BCUT2D eigenvalue weighted by Crippen LogP contribution is -2.37. The third-order valence-corrected chi connectivity index (χ3v) is 4.59. The van der Waals surface area contributed by atoms with E-state index in [2.05, 4.69) is 10.4 Å². The molecule has 0 N–H and O–H groups in total. The summed E-state index contributed by atoms with van der Waals surface area (Å²) < 4.78 is 14.2. The predicted molar refractivity (Wildman–Crippen MR) is 83.5 cm³/mol. The van der Waals surface area contributed by atoms with Crippen molar-refractivity contribution in [2.75, 3.05) is 6.61 Å². The Hall–Kier alpha value is -2.23. The van der Waals surface area contributed by atoms with Crippen molar-refractivity contribution in [2.45, 2.75) is 31.8 Å². The minimum Gasteiger partial charge on any atom is -0.343 e. The number of aromatic nitrogens is 4. The summed E-state index contributed by atoms with van der Waals surface area (Å²) in [7, 11) is 0. The molecule has 2 fully saturated rings. The number of ether oxygens (including phenoxy) is 2. The van der Waals surface area contributed by atoms with Crippen LogP contribution >= 0.6 is 12.2 Å². The van der Waals surface area contributed by atoms with Crippen LogP contribution in [0.3, 0.4) is 0 Å². The molecule has 0 unspecified atom stereocenters. The van der Waals surface area contributed by atoms with Gasteiger partial charge in [0.25, 0.3) is 0 Å². The summed E-state index contributed by atoms with van der Waals surface area (Å²) in [5, 5.41) is 8.17. The van der Waals surface area contributed by atoms with Crippen LogP contribution in [0.25, 0.3) is 5.69 Å². The fourth-order valence-corrected chi connectivity index (χ4v) is 3.27. The van der Waals surface area contributed by atoms with Gasteiger partial charge >= 0.3 is 0 Å². The van der Waals surface area contributed by atoms with Crippen molar-refractivity contribution in [3.63, 3.8) is 0 Å². The number of rotatable bonds is 3. The number of tetrazole rings is 1. The number of nitrogens with zero attached hydrogens (tertiary/aromatic N) is 4. The van der Waals surface area contributed by atoms with Crippen molar-refractivity contribution in [2.24, 2.45) is 0 Å². The molecule has 0 amide bonds. The van der Waals surface area contributed by atoms with Gasteiger partial charge in [0.2, 0.25) is 11.1 Å². The summed E-state index contributed by atoms with van der Waals surface area (Å²) in [4.78, 5) is 23.5. The molecule has 3 heterocycles. The SMILES string of the molecule is CC(=O)c1cccc(-n2nnn([C@@H]3CC(=O)[C@H]4OC[C@H]3O4)c2=S)c1. The number of hydrogen-bond acceptors (Lipinski definition) is 7. The molecule has 9 heteroatoms. The minimum atomic E-state index is -0.761. The summed E-state index contributed by atoms with van der Waals surface area (Å²) in [6, 6.07) is 6.64. The van der Waals surface area contributed by atoms with E-state index in [0.717, 1.165) is 0 Å². The Kier molecular flexibility index (Phi) is 3.63. The van der Waals surface area contributed by atoms with Crippen LogP contribution in [-0.4, -0.2) is 50.4 Å². The Balaban J connectivity index is 1.71. The molecule has 8 nitrogen and oxygen atoms in total. The summed E-state index contributed by atoms with van der Waals surface area (Å²) in [6.07, 6.45) is -0.786. The van der Waals surface area contributed by atoms with Gasteiger partial charge in [0.05, 0.1) is 18.3 Å². The third-order valence-electron chi connectivity index (χ3n) is 4.23. The summed E-state index contributed by atoms with van der Waals surface area (Å²) in [5.41, 5.74) is 1.20. The Labute approximate surface area is 141 Å². The smallest absolute Gasteiger partial charge is 0.221 e. The van der Waals surface area contributed by atoms with Crippen LogP contribution in [0.1, 0.15) is 29.7 Å². The number of carbonyl (C=O) groups excluding carboxylic acids is 2. The second kappa shape index (κ2) is 5.69. The molecule has 2 aliphatic heterocycles. The van der Waals surface area contributed by atoms with E-state index in [9.17, 15) is 9.59 Å². The van der Waals surface area contributed by atoms with Gasteiger partial charge < -0.3 is 9.47 Å². The molecule has 0 radical (unpaired) electrons. The predicted octanol–water partition coefficient (Wildman–Crippen LogP) is 1.26. The van der Waals surface area contributed by atoms with E-state index in [1.807, 2.05) is 0 Å². The molecule has 2 saturated heterocycles. The second-order valence-electron chi connectivity index (χ2n) is 5.80. The van der Waals surface area contributed by atoms with E-state index in [4.69, 9.17) is 21.7 Å². The molecule has 1 aromatic heterocycles. The maximum atomic E-state index is 12.0. The molecular weight excluding hydrogens is 332 g/mol. The van der Waals surface area contributed by atoms with Crippen LogP contribution in [0.2, 0.25) is 0 Å². The van der Waals surface area contributed by atoms with Crippen LogP contribution in [0.4, 0.5) is 0 Å². The maximum absolute atomic E-state index is 12.0. The van der Waals surface area contributed by atoms with Crippen LogP contribution in [0.5, 0.6) is 0 Å². The molecule has 1 aromatic carbocycles. The number of fused-ring (bicyclic) bond motifs is 2. The van der Waals surface area contributed by atoms with E-state index in [1.54, 1.807) is 24.3 Å². The molecule has 4 rings (SSSR count). The highest BCUT2D eigenvalue weighted by Crippen LogP contribution is 2.32. The molecule has 2 aromatic rings. The Morgan fingerprint density at radius 1 is 1.38 bits per heavy atom. The standard InChI is InChI=1S/C15H14N4O4S/c1-8(20)9-3-2-4-10(5-9)18-15(24)19(17-16-18)11-6-12(21)14-22-7-13(11)23-14/h2-5,11,13-14H,6-7H2,1H3/t11-,13-,14+/m1/s1. The zero-order valence-corrected chi connectivity index (χ0v) is 13.6. The van der Waals surface area contributed by atoms with Gasteiger partial charge in [-0.15, -0.1) is 0 Å². The van der Waals surface area contributed by atoms with Gasteiger partial charge in [-0.25, -0.2) is 4.68 Å². The van der Waals surface area contributed by atoms with Gasteiger partial charge in [0.1, 0.15) is 6.10 Å². The molecule has 24 heavy (non-hydrogen) atoms. The van der Waals surface area contributed by atoms with Crippen molar-refractivity contribution >= 4 is 23.8 Å². The monoisotopic (exact) mass is 346 g/mol. The van der Waals surface area contributed by atoms with Crippen molar-refractivity contribution < 1.29 is 19.1 Å².